The highest BCUT2D eigenvalue weighted by Crippen LogP contribution is 2.22. The summed E-state index contributed by atoms with van der Waals surface area (Å²) in [6.07, 6.45) is 2.95. The summed E-state index contributed by atoms with van der Waals surface area (Å²) in [6, 6.07) is 16.1. The molecular formula is C23H22ClN5O3. The number of carbonyl (C=O) groups excluding carboxylic acids is 3. The highest BCUT2D eigenvalue weighted by Gasteiger charge is 2.12. The van der Waals surface area contributed by atoms with Gasteiger partial charge >= 0.3 is 0 Å². The average molecular weight is 452 g/mol. The summed E-state index contributed by atoms with van der Waals surface area (Å²) in [4.78, 5) is 35.2. The number of hydrogen-bond donors (Lipinski definition) is 3. The Hall–Kier alpha value is -3.91. The van der Waals surface area contributed by atoms with Crippen LogP contribution in [-0.4, -0.2) is 34.0 Å². The van der Waals surface area contributed by atoms with E-state index in [2.05, 4.69) is 15.7 Å². The van der Waals surface area contributed by atoms with Crippen molar-refractivity contribution in [2.45, 2.75) is 13.5 Å². The standard InChI is InChI=1S/C23H22ClN5O3/c1-15-19(22(24)29(28-15)14-16-6-3-2-4-7-16)10-11-21(31)27-18-9-5-8-17(12-18)23(32)26-13-20(25)30/h2-12H,13-14H2,1H3,(H2,25,30)(H,26,32)(H,27,31)/b11-10+. The van der Waals surface area contributed by atoms with Gasteiger partial charge in [-0.3, -0.25) is 14.4 Å². The Morgan fingerprint density at radius 1 is 1.12 bits per heavy atom. The van der Waals surface area contributed by atoms with Crippen molar-refractivity contribution in [1.29, 1.82) is 0 Å². The number of primary amides is 1. The largest absolute Gasteiger partial charge is 0.368 e. The van der Waals surface area contributed by atoms with E-state index >= 15 is 0 Å². The van der Waals surface area contributed by atoms with Crippen LogP contribution in [0, 0.1) is 6.92 Å². The molecule has 4 N–H and O–H groups in total. The van der Waals surface area contributed by atoms with Crippen LogP contribution in [-0.2, 0) is 16.1 Å². The molecule has 0 fully saturated rings. The summed E-state index contributed by atoms with van der Waals surface area (Å²) in [5, 5.41) is 9.97. The van der Waals surface area contributed by atoms with Crippen LogP contribution in [0.15, 0.2) is 60.7 Å². The van der Waals surface area contributed by atoms with Crippen molar-refractivity contribution in [2.24, 2.45) is 5.73 Å². The molecule has 8 nitrogen and oxygen atoms in total. The zero-order valence-electron chi connectivity index (χ0n) is 17.3. The molecule has 0 aliphatic carbocycles. The Morgan fingerprint density at radius 2 is 1.88 bits per heavy atom. The van der Waals surface area contributed by atoms with Crippen LogP contribution >= 0.6 is 11.6 Å². The van der Waals surface area contributed by atoms with Gasteiger partial charge in [-0.25, -0.2) is 4.68 Å². The molecule has 0 bridgehead atoms. The number of aromatic nitrogens is 2. The van der Waals surface area contributed by atoms with E-state index in [0.29, 0.717) is 28.6 Å². The molecule has 3 aromatic rings. The number of nitrogens with zero attached hydrogens (tertiary/aromatic N) is 2. The molecule has 0 unspecified atom stereocenters. The van der Waals surface area contributed by atoms with Gasteiger partial charge in [-0.15, -0.1) is 0 Å². The van der Waals surface area contributed by atoms with Gasteiger partial charge in [-0.05, 0) is 36.8 Å². The van der Waals surface area contributed by atoms with Crippen LogP contribution in [0.3, 0.4) is 0 Å². The normalized spacial score (nSPS) is 10.8. The predicted molar refractivity (Wildman–Crippen MR) is 123 cm³/mol. The molecule has 0 aliphatic heterocycles. The van der Waals surface area contributed by atoms with Crippen molar-refractivity contribution in [3.63, 3.8) is 0 Å². The van der Waals surface area contributed by atoms with Gasteiger partial charge in [0.15, 0.2) is 0 Å². The van der Waals surface area contributed by atoms with Gasteiger partial charge in [0.1, 0.15) is 5.15 Å². The number of nitrogens with one attached hydrogen (secondary N) is 2. The number of anilines is 1. The summed E-state index contributed by atoms with van der Waals surface area (Å²) in [5.41, 5.74) is 8.14. The third-order valence-corrected chi connectivity index (χ3v) is 4.90. The lowest BCUT2D eigenvalue weighted by molar-refractivity contribution is -0.117. The van der Waals surface area contributed by atoms with Gasteiger partial charge in [0.2, 0.25) is 11.8 Å². The van der Waals surface area contributed by atoms with E-state index in [9.17, 15) is 14.4 Å². The number of carbonyl (C=O) groups is 3. The van der Waals surface area contributed by atoms with Crippen LogP contribution < -0.4 is 16.4 Å². The lowest BCUT2D eigenvalue weighted by atomic mass is 10.2. The lowest BCUT2D eigenvalue weighted by Gasteiger charge is -2.06. The molecule has 2 aromatic carbocycles. The van der Waals surface area contributed by atoms with Crippen molar-refractivity contribution in [2.75, 3.05) is 11.9 Å². The molecule has 0 atom stereocenters. The highest BCUT2D eigenvalue weighted by atomic mass is 35.5. The van der Waals surface area contributed by atoms with E-state index in [0.717, 1.165) is 5.56 Å². The van der Waals surface area contributed by atoms with E-state index < -0.39 is 17.7 Å². The Labute approximate surface area is 190 Å². The first-order chi connectivity index (χ1) is 15.3. The van der Waals surface area contributed by atoms with Crippen molar-refractivity contribution in [3.8, 4) is 0 Å². The first kappa shape index (κ1) is 22.8. The first-order valence-corrected chi connectivity index (χ1v) is 10.1. The molecule has 0 saturated heterocycles. The molecule has 0 spiro atoms. The van der Waals surface area contributed by atoms with E-state index in [1.807, 2.05) is 37.3 Å². The summed E-state index contributed by atoms with van der Waals surface area (Å²) in [7, 11) is 0. The number of hydrogen-bond acceptors (Lipinski definition) is 4. The van der Waals surface area contributed by atoms with Crippen molar-refractivity contribution in [1.82, 2.24) is 15.1 Å². The van der Waals surface area contributed by atoms with E-state index in [1.165, 1.54) is 12.1 Å². The van der Waals surface area contributed by atoms with E-state index in [-0.39, 0.29) is 12.1 Å². The smallest absolute Gasteiger partial charge is 0.251 e. The molecular weight excluding hydrogens is 430 g/mol. The van der Waals surface area contributed by atoms with Crippen LogP contribution in [0.25, 0.3) is 6.08 Å². The number of amides is 3. The van der Waals surface area contributed by atoms with Gasteiger partial charge in [-0.1, -0.05) is 48.0 Å². The summed E-state index contributed by atoms with van der Waals surface area (Å²) < 4.78 is 1.68. The first-order valence-electron chi connectivity index (χ1n) is 9.76. The number of aryl methyl sites for hydroxylation is 1. The fourth-order valence-corrected chi connectivity index (χ4v) is 3.27. The number of halogens is 1. The monoisotopic (exact) mass is 451 g/mol. The zero-order valence-corrected chi connectivity index (χ0v) is 18.1. The SMILES string of the molecule is Cc1nn(Cc2ccccc2)c(Cl)c1/C=C/C(=O)Nc1cccc(C(=O)NCC(N)=O)c1. The number of nitrogens with two attached hydrogens (primary N) is 1. The molecule has 0 aliphatic rings. The van der Waals surface area contributed by atoms with Crippen LogP contribution in [0.1, 0.15) is 27.2 Å². The second-order valence-electron chi connectivity index (χ2n) is 6.99. The average Bonchev–Trinajstić information content (AvgIpc) is 3.03. The second-order valence-corrected chi connectivity index (χ2v) is 7.34. The minimum Gasteiger partial charge on any atom is -0.368 e. The topological polar surface area (TPSA) is 119 Å². The fraction of sp³-hybridized carbons (Fsp3) is 0.130. The maximum Gasteiger partial charge on any atom is 0.251 e. The second kappa shape index (κ2) is 10.4. The van der Waals surface area contributed by atoms with Gasteiger partial charge in [0.05, 0.1) is 18.8 Å². The Bertz CT molecular complexity index is 1170. The van der Waals surface area contributed by atoms with Gasteiger partial charge in [-0.2, -0.15) is 5.10 Å². The third-order valence-electron chi connectivity index (χ3n) is 4.50. The van der Waals surface area contributed by atoms with E-state index in [1.54, 1.807) is 29.0 Å². The summed E-state index contributed by atoms with van der Waals surface area (Å²) >= 11 is 6.47. The van der Waals surface area contributed by atoms with E-state index in [4.69, 9.17) is 17.3 Å². The maximum atomic E-state index is 12.4. The van der Waals surface area contributed by atoms with Crippen LogP contribution in [0.5, 0.6) is 0 Å². The molecule has 1 heterocycles. The van der Waals surface area contributed by atoms with Crippen molar-refractivity contribution >= 4 is 41.1 Å². The molecule has 0 radical (unpaired) electrons. The fourth-order valence-electron chi connectivity index (χ4n) is 2.97. The van der Waals surface area contributed by atoms with Gasteiger partial charge in [0, 0.05) is 22.9 Å². The quantitative estimate of drug-likeness (QED) is 0.456. The van der Waals surface area contributed by atoms with Gasteiger partial charge < -0.3 is 16.4 Å². The number of benzene rings is 2. The summed E-state index contributed by atoms with van der Waals surface area (Å²) in [6.45, 7) is 2.07. The Kier molecular flexibility index (Phi) is 7.41. The zero-order chi connectivity index (χ0) is 23.1. The summed E-state index contributed by atoms with van der Waals surface area (Å²) in [5.74, 6) is -1.51. The lowest BCUT2D eigenvalue weighted by Crippen LogP contribution is -2.33. The molecule has 32 heavy (non-hydrogen) atoms. The molecule has 9 heteroatoms. The predicted octanol–water partition coefficient (Wildman–Crippen LogP) is 2.76. The molecule has 1 aromatic heterocycles. The Morgan fingerprint density at radius 3 is 2.59 bits per heavy atom. The molecule has 3 rings (SSSR count). The van der Waals surface area contributed by atoms with Crippen molar-refractivity contribution < 1.29 is 14.4 Å². The third kappa shape index (κ3) is 6.05. The number of rotatable bonds is 8. The van der Waals surface area contributed by atoms with Crippen molar-refractivity contribution in [3.05, 3.63) is 88.2 Å². The van der Waals surface area contributed by atoms with Gasteiger partial charge in [0.25, 0.3) is 5.91 Å². The minimum absolute atomic E-state index is 0.268. The Balaban J connectivity index is 1.66. The van der Waals surface area contributed by atoms with Crippen LogP contribution in [0.2, 0.25) is 5.15 Å². The highest BCUT2D eigenvalue weighted by molar-refractivity contribution is 6.31. The molecule has 0 saturated carbocycles. The molecule has 164 valence electrons. The minimum atomic E-state index is -0.644. The maximum absolute atomic E-state index is 12.4. The van der Waals surface area contributed by atoms with Crippen LogP contribution in [0.4, 0.5) is 5.69 Å². The molecule has 3 amide bonds.